The van der Waals surface area contributed by atoms with Gasteiger partial charge in [-0.05, 0) is 26.2 Å². The van der Waals surface area contributed by atoms with Crippen LogP contribution in [0.2, 0.25) is 0 Å². The highest BCUT2D eigenvalue weighted by Crippen LogP contribution is 2.32. The van der Waals surface area contributed by atoms with E-state index in [1.807, 2.05) is 0 Å². The molecule has 2 saturated heterocycles. The van der Waals surface area contributed by atoms with Crippen molar-refractivity contribution in [2.45, 2.75) is 33.1 Å². The second kappa shape index (κ2) is 5.42. The standard InChI is InChI=1S/C14H22N2O4/c1-10(17)15-6-3-11(4-7-15)12(18)16-8-5-14(2,9-16)13(19)20/h11H,3-9H2,1-2H3,(H,19,20). The third-order valence-electron chi connectivity index (χ3n) is 4.59. The van der Waals surface area contributed by atoms with Gasteiger partial charge in [0.05, 0.1) is 5.41 Å². The smallest absolute Gasteiger partial charge is 0.311 e. The maximum Gasteiger partial charge on any atom is 0.311 e. The molecule has 6 heteroatoms. The van der Waals surface area contributed by atoms with E-state index in [1.165, 1.54) is 0 Å². The number of nitrogens with zero attached hydrogens (tertiary/aromatic N) is 2. The summed E-state index contributed by atoms with van der Waals surface area (Å²) in [5.74, 6) is -0.797. The maximum absolute atomic E-state index is 12.4. The fraction of sp³-hybridized carbons (Fsp3) is 0.786. The van der Waals surface area contributed by atoms with Crippen molar-refractivity contribution in [2.75, 3.05) is 26.2 Å². The Kier molecular flexibility index (Phi) is 4.01. The van der Waals surface area contributed by atoms with Crippen LogP contribution in [0.4, 0.5) is 0 Å². The van der Waals surface area contributed by atoms with Crippen LogP contribution in [0.25, 0.3) is 0 Å². The molecule has 0 spiro atoms. The van der Waals surface area contributed by atoms with E-state index in [0.29, 0.717) is 45.4 Å². The molecule has 2 fully saturated rings. The lowest BCUT2D eigenvalue weighted by Gasteiger charge is -2.32. The highest BCUT2D eigenvalue weighted by atomic mass is 16.4. The molecule has 0 saturated carbocycles. The first-order valence-corrected chi connectivity index (χ1v) is 7.11. The van der Waals surface area contributed by atoms with Crippen LogP contribution < -0.4 is 0 Å². The fourth-order valence-corrected chi connectivity index (χ4v) is 3.02. The van der Waals surface area contributed by atoms with Crippen molar-refractivity contribution in [1.29, 1.82) is 0 Å². The van der Waals surface area contributed by atoms with Crippen molar-refractivity contribution >= 4 is 17.8 Å². The molecule has 1 atom stereocenters. The Hall–Kier alpha value is -1.59. The largest absolute Gasteiger partial charge is 0.481 e. The molecular weight excluding hydrogens is 260 g/mol. The molecule has 0 aromatic heterocycles. The van der Waals surface area contributed by atoms with Crippen molar-refractivity contribution < 1.29 is 19.5 Å². The van der Waals surface area contributed by atoms with Gasteiger partial charge in [0, 0.05) is 39.0 Å². The van der Waals surface area contributed by atoms with Crippen LogP contribution in [-0.4, -0.2) is 58.9 Å². The van der Waals surface area contributed by atoms with E-state index < -0.39 is 11.4 Å². The number of carbonyl (C=O) groups excluding carboxylic acids is 2. The fourth-order valence-electron chi connectivity index (χ4n) is 3.02. The van der Waals surface area contributed by atoms with Crippen LogP contribution in [0.1, 0.15) is 33.1 Å². The molecule has 0 aromatic carbocycles. The summed E-state index contributed by atoms with van der Waals surface area (Å²) in [7, 11) is 0. The number of carbonyl (C=O) groups is 3. The third kappa shape index (κ3) is 2.78. The third-order valence-corrected chi connectivity index (χ3v) is 4.59. The summed E-state index contributed by atoms with van der Waals surface area (Å²) in [5, 5.41) is 9.20. The summed E-state index contributed by atoms with van der Waals surface area (Å²) < 4.78 is 0. The van der Waals surface area contributed by atoms with E-state index in [9.17, 15) is 19.5 Å². The van der Waals surface area contributed by atoms with Gasteiger partial charge in [-0.25, -0.2) is 0 Å². The predicted octanol–water partition coefficient (Wildman–Crippen LogP) is 0.568. The quantitative estimate of drug-likeness (QED) is 0.803. The molecule has 2 heterocycles. The van der Waals surface area contributed by atoms with Crippen molar-refractivity contribution in [3.8, 4) is 0 Å². The van der Waals surface area contributed by atoms with Gasteiger partial charge in [-0.15, -0.1) is 0 Å². The molecule has 2 amide bonds. The number of aliphatic carboxylic acids is 1. The number of rotatable bonds is 2. The summed E-state index contributed by atoms with van der Waals surface area (Å²) in [6.07, 6.45) is 1.87. The highest BCUT2D eigenvalue weighted by molar-refractivity contribution is 5.82. The van der Waals surface area contributed by atoms with Gasteiger partial charge in [0.2, 0.25) is 11.8 Å². The second-order valence-corrected chi connectivity index (χ2v) is 6.16. The first kappa shape index (κ1) is 14.8. The molecule has 20 heavy (non-hydrogen) atoms. The van der Waals surface area contributed by atoms with E-state index in [2.05, 4.69) is 0 Å². The maximum atomic E-state index is 12.4. The Balaban J connectivity index is 1.91. The normalized spacial score (nSPS) is 27.7. The molecule has 6 nitrogen and oxygen atoms in total. The monoisotopic (exact) mass is 282 g/mol. The summed E-state index contributed by atoms with van der Waals surface area (Å²) in [6.45, 7) is 5.30. The number of hydrogen-bond donors (Lipinski definition) is 1. The first-order valence-electron chi connectivity index (χ1n) is 7.11. The van der Waals surface area contributed by atoms with Gasteiger partial charge in [-0.3, -0.25) is 14.4 Å². The van der Waals surface area contributed by atoms with E-state index in [4.69, 9.17) is 0 Å². The van der Waals surface area contributed by atoms with Crippen molar-refractivity contribution in [1.82, 2.24) is 9.80 Å². The van der Waals surface area contributed by atoms with Gasteiger partial charge >= 0.3 is 5.97 Å². The molecule has 0 aliphatic carbocycles. The number of carboxylic acid groups (broad SMARTS) is 1. The van der Waals surface area contributed by atoms with Gasteiger partial charge in [0.15, 0.2) is 0 Å². The predicted molar refractivity (Wildman–Crippen MR) is 71.9 cm³/mol. The zero-order chi connectivity index (χ0) is 14.9. The molecule has 1 unspecified atom stereocenters. The minimum absolute atomic E-state index is 0.0514. The van der Waals surface area contributed by atoms with Crippen LogP contribution in [-0.2, 0) is 14.4 Å². The van der Waals surface area contributed by atoms with Crippen molar-refractivity contribution in [3.05, 3.63) is 0 Å². The molecule has 0 bridgehead atoms. The average Bonchev–Trinajstić information content (AvgIpc) is 2.82. The van der Waals surface area contributed by atoms with Gasteiger partial charge in [0.25, 0.3) is 0 Å². The van der Waals surface area contributed by atoms with E-state index in [1.54, 1.807) is 23.6 Å². The lowest BCUT2D eigenvalue weighted by atomic mass is 9.90. The SMILES string of the molecule is CC(=O)N1CCC(C(=O)N2CCC(C)(C(=O)O)C2)CC1. The summed E-state index contributed by atoms with van der Waals surface area (Å²) in [4.78, 5) is 38.3. The molecule has 112 valence electrons. The number of hydrogen-bond acceptors (Lipinski definition) is 3. The number of piperidine rings is 1. The van der Waals surface area contributed by atoms with Gasteiger partial charge in [-0.1, -0.05) is 0 Å². The Bertz CT molecular complexity index is 429. The number of carboxylic acids is 1. The zero-order valence-corrected chi connectivity index (χ0v) is 12.1. The second-order valence-electron chi connectivity index (χ2n) is 6.16. The van der Waals surface area contributed by atoms with Crippen LogP contribution in [0.15, 0.2) is 0 Å². The van der Waals surface area contributed by atoms with Crippen molar-refractivity contribution in [3.63, 3.8) is 0 Å². The Labute approximate surface area is 118 Å². The van der Waals surface area contributed by atoms with Crippen LogP contribution >= 0.6 is 0 Å². The van der Waals surface area contributed by atoms with Gasteiger partial charge in [-0.2, -0.15) is 0 Å². The molecule has 1 N–H and O–H groups in total. The molecular formula is C14H22N2O4. The van der Waals surface area contributed by atoms with E-state index in [-0.39, 0.29) is 17.7 Å². The first-order chi connectivity index (χ1) is 9.33. The minimum Gasteiger partial charge on any atom is -0.481 e. The molecule has 2 rings (SSSR count). The van der Waals surface area contributed by atoms with E-state index in [0.717, 1.165) is 0 Å². The summed E-state index contributed by atoms with van der Waals surface area (Å²) >= 11 is 0. The van der Waals surface area contributed by atoms with Crippen LogP contribution in [0, 0.1) is 11.3 Å². The van der Waals surface area contributed by atoms with Gasteiger partial charge in [0.1, 0.15) is 0 Å². The topological polar surface area (TPSA) is 77.9 Å². The van der Waals surface area contributed by atoms with E-state index >= 15 is 0 Å². The molecule has 2 aliphatic rings. The molecule has 2 aliphatic heterocycles. The Morgan fingerprint density at radius 2 is 1.70 bits per heavy atom. The van der Waals surface area contributed by atoms with Crippen LogP contribution in [0.5, 0.6) is 0 Å². The minimum atomic E-state index is -0.834. The lowest BCUT2D eigenvalue weighted by Crippen LogP contribution is -2.44. The van der Waals surface area contributed by atoms with Crippen LogP contribution in [0.3, 0.4) is 0 Å². The van der Waals surface area contributed by atoms with Gasteiger partial charge < -0.3 is 14.9 Å². The zero-order valence-electron chi connectivity index (χ0n) is 12.1. The van der Waals surface area contributed by atoms with Crippen molar-refractivity contribution in [2.24, 2.45) is 11.3 Å². The summed E-state index contributed by atoms with van der Waals surface area (Å²) in [6, 6.07) is 0. The molecule has 0 aromatic rings. The molecule has 0 radical (unpaired) electrons. The Morgan fingerprint density at radius 3 is 2.15 bits per heavy atom. The summed E-state index contributed by atoms with van der Waals surface area (Å²) in [5.41, 5.74) is -0.810. The lowest BCUT2D eigenvalue weighted by molar-refractivity contribution is -0.148. The average molecular weight is 282 g/mol. The highest BCUT2D eigenvalue weighted by Gasteiger charge is 2.43. The number of amides is 2. The Morgan fingerprint density at radius 1 is 1.10 bits per heavy atom. The number of likely N-dealkylation sites (tertiary alicyclic amines) is 2.